The van der Waals surface area contributed by atoms with E-state index in [2.05, 4.69) is 15.2 Å². The van der Waals surface area contributed by atoms with Gasteiger partial charge in [-0.2, -0.15) is 5.06 Å². The first-order chi connectivity index (χ1) is 7.68. The van der Waals surface area contributed by atoms with Gasteiger partial charge in [0.15, 0.2) is 5.84 Å². The molecule has 2 heterocycles. The van der Waals surface area contributed by atoms with Gasteiger partial charge in [0.1, 0.15) is 5.82 Å². The van der Waals surface area contributed by atoms with E-state index in [9.17, 15) is 5.21 Å². The van der Waals surface area contributed by atoms with Crippen LogP contribution in [0.2, 0.25) is 0 Å². The van der Waals surface area contributed by atoms with Gasteiger partial charge in [0.25, 0.3) is 0 Å². The Bertz CT molecular complexity index is 486. The predicted molar refractivity (Wildman–Crippen MR) is 63.0 cm³/mol. The number of amidine groups is 1. The molecule has 0 aromatic carbocycles. The topological polar surface area (TPSA) is 66.2 Å². The summed E-state index contributed by atoms with van der Waals surface area (Å²) in [7, 11) is 1.83. The standard InChI is InChI=1S/C11H18N5O/c1-7-13-14-9(15(7)6)8-12-10(2,3)11(4,5)16(8)17/h1-6H3. The average molecular weight is 236 g/mol. The lowest BCUT2D eigenvalue weighted by molar-refractivity contribution is -0.158. The molecule has 6 heteroatoms. The highest BCUT2D eigenvalue weighted by molar-refractivity contribution is 5.97. The molecule has 1 aliphatic heterocycles. The molecule has 0 saturated carbocycles. The molecular weight excluding hydrogens is 218 g/mol. The van der Waals surface area contributed by atoms with Crippen molar-refractivity contribution in [3.05, 3.63) is 11.6 Å². The van der Waals surface area contributed by atoms with Crippen molar-refractivity contribution in [2.75, 3.05) is 0 Å². The molecule has 0 fully saturated rings. The Hall–Kier alpha value is -1.43. The number of aryl methyl sites for hydroxylation is 1. The third-order valence-corrected chi connectivity index (χ3v) is 3.88. The number of aliphatic imine (C=N–C) groups is 1. The summed E-state index contributed by atoms with van der Waals surface area (Å²) in [6.07, 6.45) is 0. The number of hydrogen-bond donors (Lipinski definition) is 0. The summed E-state index contributed by atoms with van der Waals surface area (Å²) in [6.45, 7) is 9.53. The maximum atomic E-state index is 12.3. The first-order valence-electron chi connectivity index (χ1n) is 5.62. The number of hydrogen-bond acceptors (Lipinski definition) is 4. The molecule has 0 spiro atoms. The van der Waals surface area contributed by atoms with Crippen LogP contribution in [0.25, 0.3) is 0 Å². The van der Waals surface area contributed by atoms with Gasteiger partial charge in [-0.25, -0.2) is 0 Å². The van der Waals surface area contributed by atoms with E-state index in [1.54, 1.807) is 4.57 Å². The first kappa shape index (κ1) is 12.0. The molecule has 0 unspecified atom stereocenters. The van der Waals surface area contributed by atoms with Crippen molar-refractivity contribution in [3.63, 3.8) is 0 Å². The maximum absolute atomic E-state index is 12.3. The van der Waals surface area contributed by atoms with Crippen LogP contribution in [0.15, 0.2) is 4.99 Å². The zero-order chi connectivity index (χ0) is 13.0. The van der Waals surface area contributed by atoms with E-state index in [-0.39, 0.29) is 0 Å². The lowest BCUT2D eigenvalue weighted by Gasteiger charge is -2.35. The number of aromatic nitrogens is 3. The third kappa shape index (κ3) is 1.47. The molecule has 1 radical (unpaired) electrons. The quantitative estimate of drug-likeness (QED) is 0.733. The monoisotopic (exact) mass is 236 g/mol. The number of nitrogens with zero attached hydrogens (tertiary/aromatic N) is 5. The molecule has 0 bridgehead atoms. The molecular formula is C11H18N5O. The lowest BCUT2D eigenvalue weighted by Crippen LogP contribution is -2.51. The molecule has 6 nitrogen and oxygen atoms in total. The van der Waals surface area contributed by atoms with Crippen LogP contribution in [0.1, 0.15) is 39.3 Å². The van der Waals surface area contributed by atoms with Crippen molar-refractivity contribution in [1.82, 2.24) is 19.8 Å². The van der Waals surface area contributed by atoms with Crippen molar-refractivity contribution >= 4 is 5.84 Å². The second-order valence-electron chi connectivity index (χ2n) is 5.48. The Balaban J connectivity index is 2.52. The minimum absolute atomic E-state index is 0.364. The fourth-order valence-electron chi connectivity index (χ4n) is 1.70. The number of rotatable bonds is 1. The van der Waals surface area contributed by atoms with E-state index >= 15 is 0 Å². The fourth-order valence-corrected chi connectivity index (χ4v) is 1.70. The van der Waals surface area contributed by atoms with Crippen LogP contribution >= 0.6 is 0 Å². The Labute approximate surface area is 101 Å². The van der Waals surface area contributed by atoms with Gasteiger partial charge >= 0.3 is 0 Å². The Morgan fingerprint density at radius 3 is 2.06 bits per heavy atom. The zero-order valence-corrected chi connectivity index (χ0v) is 11.1. The van der Waals surface area contributed by atoms with Gasteiger partial charge in [-0.05, 0) is 34.6 Å². The normalized spacial score (nSPS) is 21.8. The maximum Gasteiger partial charge on any atom is 0.201 e. The van der Waals surface area contributed by atoms with Gasteiger partial charge in [0.05, 0.1) is 11.1 Å². The molecule has 17 heavy (non-hydrogen) atoms. The van der Waals surface area contributed by atoms with Gasteiger partial charge in [0.2, 0.25) is 5.82 Å². The van der Waals surface area contributed by atoms with E-state index in [0.717, 1.165) is 10.9 Å². The van der Waals surface area contributed by atoms with Crippen LogP contribution in [0, 0.1) is 6.92 Å². The molecule has 0 aliphatic carbocycles. The van der Waals surface area contributed by atoms with E-state index in [1.165, 1.54) is 0 Å². The molecule has 93 valence electrons. The zero-order valence-electron chi connectivity index (χ0n) is 11.1. The van der Waals surface area contributed by atoms with Crippen LogP contribution in [-0.4, -0.2) is 36.7 Å². The lowest BCUT2D eigenvalue weighted by atomic mass is 9.84. The summed E-state index contributed by atoms with van der Waals surface area (Å²) >= 11 is 0. The minimum atomic E-state index is -0.581. The molecule has 1 aromatic rings. The van der Waals surface area contributed by atoms with Crippen LogP contribution in [0.3, 0.4) is 0 Å². The van der Waals surface area contributed by atoms with Gasteiger partial charge in [-0.3, -0.25) is 4.99 Å². The SMILES string of the molecule is Cc1nnc(C2=NC(C)(C)C(C)(C)N2[O])n1C. The van der Waals surface area contributed by atoms with Crippen LogP contribution < -0.4 is 0 Å². The molecule has 0 N–H and O–H groups in total. The molecule has 0 saturated heterocycles. The summed E-state index contributed by atoms with van der Waals surface area (Å²) < 4.78 is 1.78. The van der Waals surface area contributed by atoms with Crippen molar-refractivity contribution in [2.24, 2.45) is 12.0 Å². The van der Waals surface area contributed by atoms with Gasteiger partial charge in [-0.1, -0.05) is 5.21 Å². The largest absolute Gasteiger partial charge is 0.312 e. The molecule has 2 rings (SSSR count). The fraction of sp³-hybridized carbons (Fsp3) is 0.727. The van der Waals surface area contributed by atoms with E-state index in [1.807, 2.05) is 41.7 Å². The average Bonchev–Trinajstić information content (AvgIpc) is 2.61. The van der Waals surface area contributed by atoms with E-state index < -0.39 is 11.1 Å². The Morgan fingerprint density at radius 1 is 1.12 bits per heavy atom. The Kier molecular flexibility index (Phi) is 2.33. The van der Waals surface area contributed by atoms with Crippen molar-refractivity contribution < 1.29 is 5.21 Å². The van der Waals surface area contributed by atoms with E-state index in [0.29, 0.717) is 11.7 Å². The molecule has 0 atom stereocenters. The van der Waals surface area contributed by atoms with Gasteiger partial charge in [-0.15, -0.1) is 10.2 Å². The first-order valence-corrected chi connectivity index (χ1v) is 5.62. The van der Waals surface area contributed by atoms with Crippen LogP contribution in [-0.2, 0) is 12.3 Å². The highest BCUT2D eigenvalue weighted by Gasteiger charge is 2.51. The van der Waals surface area contributed by atoms with Crippen molar-refractivity contribution in [2.45, 2.75) is 45.7 Å². The molecule has 1 aromatic heterocycles. The summed E-state index contributed by atoms with van der Waals surface area (Å²) in [5.41, 5.74) is -1.02. The van der Waals surface area contributed by atoms with E-state index in [4.69, 9.17) is 0 Å². The van der Waals surface area contributed by atoms with Gasteiger partial charge < -0.3 is 4.57 Å². The predicted octanol–water partition coefficient (Wildman–Crippen LogP) is 1.09. The van der Waals surface area contributed by atoms with Crippen molar-refractivity contribution in [3.8, 4) is 0 Å². The summed E-state index contributed by atoms with van der Waals surface area (Å²) in [5.74, 6) is 1.65. The highest BCUT2D eigenvalue weighted by Crippen LogP contribution is 2.37. The van der Waals surface area contributed by atoms with Crippen LogP contribution in [0.5, 0.6) is 0 Å². The minimum Gasteiger partial charge on any atom is -0.312 e. The number of hydroxylamine groups is 2. The summed E-state index contributed by atoms with van der Waals surface area (Å²) in [4.78, 5) is 4.51. The summed E-state index contributed by atoms with van der Waals surface area (Å²) in [5, 5.41) is 21.2. The molecule has 0 amide bonds. The molecule has 1 aliphatic rings. The van der Waals surface area contributed by atoms with Gasteiger partial charge in [0, 0.05) is 7.05 Å². The van der Waals surface area contributed by atoms with Crippen molar-refractivity contribution in [1.29, 1.82) is 0 Å². The summed E-state index contributed by atoms with van der Waals surface area (Å²) in [6, 6.07) is 0. The highest BCUT2D eigenvalue weighted by atomic mass is 16.5. The third-order valence-electron chi connectivity index (χ3n) is 3.88. The second-order valence-corrected chi connectivity index (χ2v) is 5.48. The van der Waals surface area contributed by atoms with Crippen LogP contribution in [0.4, 0.5) is 0 Å². The Morgan fingerprint density at radius 2 is 1.71 bits per heavy atom. The smallest absolute Gasteiger partial charge is 0.201 e. The second kappa shape index (κ2) is 3.29.